The third kappa shape index (κ3) is 2.67. The molecule has 0 saturated carbocycles. The van der Waals surface area contributed by atoms with Crippen molar-refractivity contribution in [1.82, 2.24) is 19.9 Å². The maximum Gasteiger partial charge on any atom is 0.224 e. The van der Waals surface area contributed by atoms with Crippen LogP contribution in [-0.2, 0) is 24.8 Å². The van der Waals surface area contributed by atoms with E-state index in [9.17, 15) is 4.79 Å². The van der Waals surface area contributed by atoms with Crippen molar-refractivity contribution in [2.24, 2.45) is 7.05 Å². The van der Waals surface area contributed by atoms with Crippen LogP contribution in [0.15, 0.2) is 36.9 Å². The van der Waals surface area contributed by atoms with Gasteiger partial charge in [-0.2, -0.15) is 0 Å². The fourth-order valence-corrected chi connectivity index (χ4v) is 2.49. The molecular formula is C16H18N4O. The van der Waals surface area contributed by atoms with Crippen molar-refractivity contribution < 1.29 is 4.79 Å². The van der Waals surface area contributed by atoms with Gasteiger partial charge < -0.3 is 14.9 Å². The molecule has 21 heavy (non-hydrogen) atoms. The van der Waals surface area contributed by atoms with Crippen LogP contribution >= 0.6 is 0 Å². The normalized spacial score (nSPS) is 11.0. The standard InChI is InChI=1S/C16H18N4O/c1-11-4-3-5-14-12(7-19-16(11)14)6-15(21)18-9-13-8-17-10-20(13)2/h3-5,7-8,10,19H,6,9H2,1-2H3,(H,18,21). The Morgan fingerprint density at radius 1 is 1.43 bits per heavy atom. The number of amides is 1. The number of aromatic nitrogens is 3. The maximum atomic E-state index is 12.1. The monoisotopic (exact) mass is 282 g/mol. The Labute approximate surface area is 123 Å². The molecule has 3 aromatic rings. The number of fused-ring (bicyclic) bond motifs is 1. The highest BCUT2D eigenvalue weighted by Crippen LogP contribution is 2.21. The third-order valence-electron chi connectivity index (χ3n) is 3.74. The molecule has 2 N–H and O–H groups in total. The van der Waals surface area contributed by atoms with Crippen LogP contribution in [0.4, 0.5) is 0 Å². The first-order valence-corrected chi connectivity index (χ1v) is 6.92. The van der Waals surface area contributed by atoms with Crippen LogP contribution in [0.1, 0.15) is 16.8 Å². The van der Waals surface area contributed by atoms with Crippen LogP contribution in [0.5, 0.6) is 0 Å². The van der Waals surface area contributed by atoms with Crippen LogP contribution in [0.25, 0.3) is 10.9 Å². The lowest BCUT2D eigenvalue weighted by Crippen LogP contribution is -2.25. The van der Waals surface area contributed by atoms with Crippen LogP contribution in [-0.4, -0.2) is 20.4 Å². The average Bonchev–Trinajstić information content (AvgIpc) is 3.05. The van der Waals surface area contributed by atoms with E-state index in [0.717, 1.165) is 22.2 Å². The number of carbonyl (C=O) groups is 1. The summed E-state index contributed by atoms with van der Waals surface area (Å²) in [5.41, 5.74) is 4.30. The minimum atomic E-state index is 0.0126. The quantitative estimate of drug-likeness (QED) is 0.769. The largest absolute Gasteiger partial charge is 0.361 e. The molecule has 3 rings (SSSR count). The highest BCUT2D eigenvalue weighted by molar-refractivity contribution is 5.90. The molecular weight excluding hydrogens is 264 g/mol. The van der Waals surface area contributed by atoms with E-state index in [2.05, 4.69) is 28.3 Å². The summed E-state index contributed by atoms with van der Waals surface area (Å²) in [7, 11) is 1.91. The number of hydrogen-bond acceptors (Lipinski definition) is 2. The molecule has 5 nitrogen and oxygen atoms in total. The molecule has 0 aliphatic rings. The molecule has 0 aliphatic heterocycles. The number of H-pyrrole nitrogens is 1. The van der Waals surface area contributed by atoms with Gasteiger partial charge in [-0.05, 0) is 18.1 Å². The fourth-order valence-electron chi connectivity index (χ4n) is 2.49. The molecule has 1 amide bonds. The van der Waals surface area contributed by atoms with E-state index in [-0.39, 0.29) is 5.91 Å². The van der Waals surface area contributed by atoms with Gasteiger partial charge in [-0.25, -0.2) is 4.98 Å². The van der Waals surface area contributed by atoms with Crippen molar-refractivity contribution in [2.75, 3.05) is 0 Å². The molecule has 0 spiro atoms. The lowest BCUT2D eigenvalue weighted by molar-refractivity contribution is -0.120. The van der Waals surface area contributed by atoms with Crippen LogP contribution < -0.4 is 5.32 Å². The highest BCUT2D eigenvalue weighted by Gasteiger charge is 2.10. The number of aromatic amines is 1. The Bertz CT molecular complexity index is 785. The molecule has 0 bridgehead atoms. The minimum absolute atomic E-state index is 0.0126. The number of hydrogen-bond donors (Lipinski definition) is 2. The second-order valence-electron chi connectivity index (χ2n) is 5.26. The number of benzene rings is 1. The van der Waals surface area contributed by atoms with Crippen molar-refractivity contribution in [1.29, 1.82) is 0 Å². The lowest BCUT2D eigenvalue weighted by Gasteiger charge is -2.05. The summed E-state index contributed by atoms with van der Waals surface area (Å²) < 4.78 is 1.90. The number of imidazole rings is 1. The van der Waals surface area contributed by atoms with Gasteiger partial charge in [-0.3, -0.25) is 4.79 Å². The molecule has 2 aromatic heterocycles. The maximum absolute atomic E-state index is 12.1. The van der Waals surface area contributed by atoms with Gasteiger partial charge in [0.05, 0.1) is 25.0 Å². The van der Waals surface area contributed by atoms with Gasteiger partial charge in [0.2, 0.25) is 5.91 Å². The average molecular weight is 282 g/mol. The second-order valence-corrected chi connectivity index (χ2v) is 5.26. The Kier molecular flexibility index (Phi) is 3.48. The van der Waals surface area contributed by atoms with E-state index in [1.807, 2.05) is 29.9 Å². The molecule has 0 fully saturated rings. The highest BCUT2D eigenvalue weighted by atomic mass is 16.1. The Balaban J connectivity index is 1.69. The van der Waals surface area contributed by atoms with E-state index in [1.165, 1.54) is 5.56 Å². The molecule has 108 valence electrons. The van der Waals surface area contributed by atoms with Crippen molar-refractivity contribution in [3.8, 4) is 0 Å². The predicted octanol–water partition coefficient (Wildman–Crippen LogP) is 2.07. The van der Waals surface area contributed by atoms with Gasteiger partial charge in [-0.1, -0.05) is 18.2 Å². The number of nitrogens with one attached hydrogen (secondary N) is 2. The van der Waals surface area contributed by atoms with Crippen LogP contribution in [0.3, 0.4) is 0 Å². The molecule has 0 aliphatic carbocycles. The zero-order chi connectivity index (χ0) is 14.8. The number of para-hydroxylation sites is 1. The Morgan fingerprint density at radius 3 is 3.05 bits per heavy atom. The number of nitrogens with zero attached hydrogens (tertiary/aromatic N) is 2. The van der Waals surface area contributed by atoms with Gasteiger partial charge in [0.25, 0.3) is 0 Å². The first-order chi connectivity index (χ1) is 10.1. The SMILES string of the molecule is Cc1cccc2c(CC(=O)NCc3cncn3C)c[nH]c12. The molecule has 0 atom stereocenters. The van der Waals surface area contributed by atoms with Crippen molar-refractivity contribution in [3.05, 3.63) is 53.7 Å². The predicted molar refractivity (Wildman–Crippen MR) is 81.8 cm³/mol. The molecule has 0 unspecified atom stereocenters. The Morgan fingerprint density at radius 2 is 2.29 bits per heavy atom. The van der Waals surface area contributed by atoms with Crippen LogP contribution in [0.2, 0.25) is 0 Å². The Hall–Kier alpha value is -2.56. The fraction of sp³-hybridized carbons (Fsp3) is 0.250. The third-order valence-corrected chi connectivity index (χ3v) is 3.74. The summed E-state index contributed by atoms with van der Waals surface area (Å²) in [6.45, 7) is 2.56. The summed E-state index contributed by atoms with van der Waals surface area (Å²) >= 11 is 0. The minimum Gasteiger partial charge on any atom is -0.361 e. The van der Waals surface area contributed by atoms with Crippen molar-refractivity contribution in [2.45, 2.75) is 19.9 Å². The first kappa shape index (κ1) is 13.4. The van der Waals surface area contributed by atoms with Gasteiger partial charge in [0, 0.05) is 30.3 Å². The van der Waals surface area contributed by atoms with Crippen molar-refractivity contribution in [3.63, 3.8) is 0 Å². The smallest absolute Gasteiger partial charge is 0.224 e. The van der Waals surface area contributed by atoms with E-state index in [4.69, 9.17) is 0 Å². The molecule has 2 heterocycles. The summed E-state index contributed by atoms with van der Waals surface area (Å²) in [5, 5.41) is 4.05. The van der Waals surface area contributed by atoms with Gasteiger partial charge in [0.1, 0.15) is 0 Å². The summed E-state index contributed by atoms with van der Waals surface area (Å²) in [5.74, 6) is 0.0126. The molecule has 5 heteroatoms. The van der Waals surface area contributed by atoms with E-state index >= 15 is 0 Å². The number of aryl methyl sites for hydroxylation is 2. The van der Waals surface area contributed by atoms with Crippen LogP contribution in [0, 0.1) is 6.92 Å². The van der Waals surface area contributed by atoms with Gasteiger partial charge in [0.15, 0.2) is 0 Å². The first-order valence-electron chi connectivity index (χ1n) is 6.92. The van der Waals surface area contributed by atoms with Gasteiger partial charge >= 0.3 is 0 Å². The molecule has 0 saturated heterocycles. The van der Waals surface area contributed by atoms with Crippen molar-refractivity contribution >= 4 is 16.8 Å². The number of rotatable bonds is 4. The number of carbonyl (C=O) groups excluding carboxylic acids is 1. The topological polar surface area (TPSA) is 62.7 Å². The van der Waals surface area contributed by atoms with E-state index in [0.29, 0.717) is 13.0 Å². The second kappa shape index (κ2) is 5.44. The summed E-state index contributed by atoms with van der Waals surface area (Å²) in [6, 6.07) is 6.12. The zero-order valence-electron chi connectivity index (χ0n) is 12.2. The summed E-state index contributed by atoms with van der Waals surface area (Å²) in [4.78, 5) is 19.4. The molecule has 1 aromatic carbocycles. The van der Waals surface area contributed by atoms with Gasteiger partial charge in [-0.15, -0.1) is 0 Å². The lowest BCUT2D eigenvalue weighted by atomic mass is 10.1. The zero-order valence-corrected chi connectivity index (χ0v) is 12.2. The molecule has 0 radical (unpaired) electrons. The summed E-state index contributed by atoms with van der Waals surface area (Å²) in [6.07, 6.45) is 5.78. The van der Waals surface area contributed by atoms with E-state index < -0.39 is 0 Å². The van der Waals surface area contributed by atoms with E-state index in [1.54, 1.807) is 12.5 Å².